The highest BCUT2D eigenvalue weighted by atomic mass is 16.2. The second-order valence-electron chi connectivity index (χ2n) is 3.26. The van der Waals surface area contributed by atoms with Crippen LogP contribution in [0.3, 0.4) is 0 Å². The second kappa shape index (κ2) is 2.63. The number of carbonyl (C=O) groups excluding carboxylic acids is 1. The Labute approximate surface area is 71.3 Å². The monoisotopic (exact) mass is 162 g/mol. The Hall–Kier alpha value is -1.30. The van der Waals surface area contributed by atoms with Gasteiger partial charge in [-0.2, -0.15) is 5.26 Å². The molecule has 0 radical (unpaired) electrons. The summed E-state index contributed by atoms with van der Waals surface area (Å²) in [5.41, 5.74) is 0.327. The first-order chi connectivity index (χ1) is 5.83. The van der Waals surface area contributed by atoms with E-state index in [1.165, 1.54) is 0 Å². The van der Waals surface area contributed by atoms with Crippen molar-refractivity contribution in [3.63, 3.8) is 0 Å². The third-order valence-electron chi connectivity index (χ3n) is 2.58. The van der Waals surface area contributed by atoms with E-state index in [4.69, 9.17) is 5.26 Å². The van der Waals surface area contributed by atoms with E-state index in [1.807, 2.05) is 11.0 Å². The van der Waals surface area contributed by atoms with Gasteiger partial charge in [0.25, 0.3) is 5.91 Å². The van der Waals surface area contributed by atoms with E-state index in [2.05, 4.69) is 0 Å². The van der Waals surface area contributed by atoms with E-state index in [0.717, 1.165) is 25.8 Å². The van der Waals surface area contributed by atoms with E-state index < -0.39 is 0 Å². The molecule has 1 saturated heterocycles. The van der Waals surface area contributed by atoms with Crippen molar-refractivity contribution in [2.45, 2.75) is 25.3 Å². The van der Waals surface area contributed by atoms with Crippen LogP contribution >= 0.6 is 0 Å². The molecule has 2 aliphatic heterocycles. The van der Waals surface area contributed by atoms with Crippen molar-refractivity contribution in [1.82, 2.24) is 4.90 Å². The fraction of sp³-hybridized carbons (Fsp3) is 0.556. The minimum absolute atomic E-state index is 0.0637. The summed E-state index contributed by atoms with van der Waals surface area (Å²) in [6.45, 7) is 0.836. The zero-order chi connectivity index (χ0) is 8.55. The maximum Gasteiger partial charge on any atom is 0.264 e. The maximum absolute atomic E-state index is 11.5. The molecular formula is C9H10N2O. The van der Waals surface area contributed by atoms with Crippen LogP contribution in [-0.4, -0.2) is 23.4 Å². The maximum atomic E-state index is 11.5. The van der Waals surface area contributed by atoms with Crippen molar-refractivity contribution < 1.29 is 4.79 Å². The van der Waals surface area contributed by atoms with Crippen LogP contribution in [0.5, 0.6) is 0 Å². The highest BCUT2D eigenvalue weighted by molar-refractivity contribution is 5.98. The molecule has 3 heteroatoms. The smallest absolute Gasteiger partial charge is 0.264 e. The van der Waals surface area contributed by atoms with Crippen LogP contribution in [0.15, 0.2) is 11.6 Å². The average Bonchev–Trinajstić information content (AvgIpc) is 2.53. The molecule has 12 heavy (non-hydrogen) atoms. The Morgan fingerprint density at radius 1 is 1.67 bits per heavy atom. The standard InChI is InChI=1S/C9H10N2O/c10-6-7-3-4-8-2-1-5-11(8)9(7)12/h3,8H,1-2,4-5H2/t8-/m1/s1. The predicted molar refractivity (Wildman–Crippen MR) is 43.0 cm³/mol. The number of carbonyl (C=O) groups is 1. The number of nitriles is 1. The van der Waals surface area contributed by atoms with Gasteiger partial charge in [-0.1, -0.05) is 6.08 Å². The normalized spacial score (nSPS) is 27.9. The summed E-state index contributed by atoms with van der Waals surface area (Å²) in [6.07, 6.45) is 4.83. The fourth-order valence-corrected chi connectivity index (χ4v) is 1.94. The van der Waals surface area contributed by atoms with Crippen molar-refractivity contribution in [3.05, 3.63) is 11.6 Å². The summed E-state index contributed by atoms with van der Waals surface area (Å²) >= 11 is 0. The zero-order valence-corrected chi connectivity index (χ0v) is 6.79. The number of amides is 1. The molecule has 0 aromatic heterocycles. The van der Waals surface area contributed by atoms with Crippen LogP contribution in [0.4, 0.5) is 0 Å². The SMILES string of the molecule is N#CC1=CC[C@H]2CCCN2C1=O. The predicted octanol–water partition coefficient (Wildman–Crippen LogP) is 0.831. The van der Waals surface area contributed by atoms with Gasteiger partial charge in [0.15, 0.2) is 0 Å². The molecule has 1 amide bonds. The van der Waals surface area contributed by atoms with Crippen molar-refractivity contribution in [2.75, 3.05) is 6.54 Å². The molecule has 1 atom stereocenters. The molecule has 0 saturated carbocycles. The molecule has 0 bridgehead atoms. The Morgan fingerprint density at radius 2 is 2.50 bits per heavy atom. The van der Waals surface area contributed by atoms with Crippen LogP contribution in [0.1, 0.15) is 19.3 Å². The van der Waals surface area contributed by atoms with Gasteiger partial charge < -0.3 is 4.90 Å². The Kier molecular flexibility index (Phi) is 1.61. The number of hydrogen-bond acceptors (Lipinski definition) is 2. The van der Waals surface area contributed by atoms with E-state index in [-0.39, 0.29) is 5.91 Å². The third-order valence-corrected chi connectivity index (χ3v) is 2.58. The topological polar surface area (TPSA) is 44.1 Å². The summed E-state index contributed by atoms with van der Waals surface area (Å²) < 4.78 is 0. The van der Waals surface area contributed by atoms with Crippen molar-refractivity contribution in [1.29, 1.82) is 5.26 Å². The molecule has 0 spiro atoms. The Bertz CT molecular complexity index is 287. The molecular weight excluding hydrogens is 152 g/mol. The molecule has 0 N–H and O–H groups in total. The van der Waals surface area contributed by atoms with Crippen LogP contribution < -0.4 is 0 Å². The van der Waals surface area contributed by atoms with E-state index in [9.17, 15) is 4.79 Å². The molecule has 2 aliphatic rings. The van der Waals surface area contributed by atoms with Crippen molar-refractivity contribution >= 4 is 5.91 Å². The van der Waals surface area contributed by atoms with E-state index >= 15 is 0 Å². The lowest BCUT2D eigenvalue weighted by atomic mass is 10.0. The summed E-state index contributed by atoms with van der Waals surface area (Å²) in [5, 5.41) is 8.62. The summed E-state index contributed by atoms with van der Waals surface area (Å²) in [6, 6.07) is 2.32. The first-order valence-electron chi connectivity index (χ1n) is 4.24. The first-order valence-corrected chi connectivity index (χ1v) is 4.24. The molecule has 0 unspecified atom stereocenters. The number of nitrogens with zero attached hydrogens (tertiary/aromatic N) is 2. The van der Waals surface area contributed by atoms with Crippen LogP contribution in [0.25, 0.3) is 0 Å². The molecule has 1 fully saturated rings. The van der Waals surface area contributed by atoms with Crippen LogP contribution in [-0.2, 0) is 4.79 Å². The van der Waals surface area contributed by atoms with Crippen molar-refractivity contribution in [2.24, 2.45) is 0 Å². The minimum atomic E-state index is -0.0637. The van der Waals surface area contributed by atoms with Gasteiger partial charge in [0.1, 0.15) is 11.6 Å². The molecule has 2 heterocycles. The lowest BCUT2D eigenvalue weighted by Gasteiger charge is -2.26. The fourth-order valence-electron chi connectivity index (χ4n) is 1.94. The van der Waals surface area contributed by atoms with Crippen LogP contribution in [0.2, 0.25) is 0 Å². The molecule has 0 aromatic carbocycles. The van der Waals surface area contributed by atoms with E-state index in [0.29, 0.717) is 11.6 Å². The minimum Gasteiger partial charge on any atom is -0.335 e. The van der Waals surface area contributed by atoms with Gasteiger partial charge in [0, 0.05) is 12.6 Å². The number of rotatable bonds is 0. The van der Waals surface area contributed by atoms with E-state index in [1.54, 1.807) is 6.08 Å². The highest BCUT2D eigenvalue weighted by Crippen LogP contribution is 2.26. The van der Waals surface area contributed by atoms with Gasteiger partial charge in [-0.3, -0.25) is 4.79 Å². The van der Waals surface area contributed by atoms with Gasteiger partial charge in [-0.25, -0.2) is 0 Å². The van der Waals surface area contributed by atoms with Gasteiger partial charge in [-0.05, 0) is 19.3 Å². The van der Waals surface area contributed by atoms with Gasteiger partial charge in [-0.15, -0.1) is 0 Å². The number of hydrogen-bond donors (Lipinski definition) is 0. The van der Waals surface area contributed by atoms with Crippen LogP contribution in [0, 0.1) is 11.3 Å². The lowest BCUT2D eigenvalue weighted by molar-refractivity contribution is -0.128. The summed E-state index contributed by atoms with van der Waals surface area (Å²) in [7, 11) is 0. The Balaban J connectivity index is 2.27. The molecule has 62 valence electrons. The largest absolute Gasteiger partial charge is 0.335 e. The number of fused-ring (bicyclic) bond motifs is 1. The molecule has 0 aromatic rings. The van der Waals surface area contributed by atoms with Gasteiger partial charge in [0.2, 0.25) is 0 Å². The zero-order valence-electron chi connectivity index (χ0n) is 6.79. The second-order valence-corrected chi connectivity index (χ2v) is 3.26. The summed E-state index contributed by atoms with van der Waals surface area (Å²) in [5.74, 6) is -0.0637. The van der Waals surface area contributed by atoms with Crippen molar-refractivity contribution in [3.8, 4) is 6.07 Å². The summed E-state index contributed by atoms with van der Waals surface area (Å²) in [4.78, 5) is 13.3. The quantitative estimate of drug-likeness (QED) is 0.529. The van der Waals surface area contributed by atoms with Gasteiger partial charge in [0.05, 0.1) is 0 Å². The lowest BCUT2D eigenvalue weighted by Crippen LogP contribution is -2.38. The molecule has 2 rings (SSSR count). The molecule has 3 nitrogen and oxygen atoms in total. The molecule has 0 aliphatic carbocycles. The Morgan fingerprint density at radius 3 is 3.25 bits per heavy atom. The average molecular weight is 162 g/mol. The third kappa shape index (κ3) is 0.918. The highest BCUT2D eigenvalue weighted by Gasteiger charge is 2.32. The first kappa shape index (κ1) is 7.35. The van der Waals surface area contributed by atoms with Gasteiger partial charge >= 0.3 is 0 Å².